The summed E-state index contributed by atoms with van der Waals surface area (Å²) < 4.78 is 5.22. The Balaban J connectivity index is 2.01. The van der Waals surface area contributed by atoms with Crippen molar-refractivity contribution in [3.8, 4) is 11.8 Å². The SMILES string of the molecule is CC(C)C(NC(=O)c1ccccc1Cl)C(=O)N/N=C/c1cccc(OCC#N)c1. The number of carbonyl (C=O) groups is 2. The lowest BCUT2D eigenvalue weighted by atomic mass is 10.0. The van der Waals surface area contributed by atoms with E-state index in [4.69, 9.17) is 21.6 Å². The maximum absolute atomic E-state index is 12.5. The third-order valence-electron chi connectivity index (χ3n) is 3.90. The lowest BCUT2D eigenvalue weighted by molar-refractivity contribution is -0.123. The van der Waals surface area contributed by atoms with Gasteiger partial charge in [-0.3, -0.25) is 9.59 Å². The van der Waals surface area contributed by atoms with E-state index in [0.717, 1.165) is 0 Å². The molecule has 0 radical (unpaired) electrons. The maximum Gasteiger partial charge on any atom is 0.262 e. The summed E-state index contributed by atoms with van der Waals surface area (Å²) in [6, 6.07) is 14.6. The molecular formula is C21H21ClN4O3. The number of nitriles is 1. The first kappa shape index (κ1) is 21.9. The highest BCUT2D eigenvalue weighted by molar-refractivity contribution is 6.33. The van der Waals surface area contributed by atoms with Crippen LogP contribution in [0.25, 0.3) is 0 Å². The smallest absolute Gasteiger partial charge is 0.262 e. The predicted molar refractivity (Wildman–Crippen MR) is 111 cm³/mol. The van der Waals surface area contributed by atoms with Gasteiger partial charge in [-0.1, -0.05) is 49.7 Å². The summed E-state index contributed by atoms with van der Waals surface area (Å²) in [5, 5.41) is 15.5. The van der Waals surface area contributed by atoms with Crippen molar-refractivity contribution in [2.75, 3.05) is 6.61 Å². The van der Waals surface area contributed by atoms with Gasteiger partial charge in [-0.2, -0.15) is 10.4 Å². The number of ether oxygens (including phenoxy) is 1. The van der Waals surface area contributed by atoms with Crippen molar-refractivity contribution in [1.29, 1.82) is 5.26 Å². The van der Waals surface area contributed by atoms with Crippen LogP contribution in [0.4, 0.5) is 0 Å². The molecule has 0 fully saturated rings. The van der Waals surface area contributed by atoms with Crippen LogP contribution in [0.2, 0.25) is 5.02 Å². The van der Waals surface area contributed by atoms with E-state index in [1.165, 1.54) is 6.21 Å². The zero-order valence-electron chi connectivity index (χ0n) is 16.1. The molecule has 2 rings (SSSR count). The van der Waals surface area contributed by atoms with E-state index in [0.29, 0.717) is 21.9 Å². The first-order chi connectivity index (χ1) is 13.9. The Morgan fingerprint density at radius 1 is 1.24 bits per heavy atom. The van der Waals surface area contributed by atoms with Crippen LogP contribution in [0, 0.1) is 17.2 Å². The van der Waals surface area contributed by atoms with Crippen molar-refractivity contribution in [3.63, 3.8) is 0 Å². The fourth-order valence-corrected chi connectivity index (χ4v) is 2.66. The molecule has 1 unspecified atom stereocenters. The van der Waals surface area contributed by atoms with Crippen LogP contribution in [-0.4, -0.2) is 30.7 Å². The monoisotopic (exact) mass is 412 g/mol. The maximum atomic E-state index is 12.5. The molecule has 0 bridgehead atoms. The van der Waals surface area contributed by atoms with Crippen LogP contribution in [0.3, 0.4) is 0 Å². The fraction of sp³-hybridized carbons (Fsp3) is 0.238. The minimum absolute atomic E-state index is 0.0570. The third-order valence-corrected chi connectivity index (χ3v) is 4.23. The normalized spacial score (nSPS) is 11.7. The molecule has 0 aliphatic rings. The zero-order chi connectivity index (χ0) is 21.2. The highest BCUT2D eigenvalue weighted by Crippen LogP contribution is 2.15. The molecule has 2 N–H and O–H groups in total. The van der Waals surface area contributed by atoms with Gasteiger partial charge in [0.1, 0.15) is 17.9 Å². The minimum Gasteiger partial charge on any atom is -0.479 e. The number of hydrogen-bond acceptors (Lipinski definition) is 5. The topological polar surface area (TPSA) is 104 Å². The summed E-state index contributed by atoms with van der Waals surface area (Å²) in [5.74, 6) is -0.530. The van der Waals surface area contributed by atoms with Crippen LogP contribution in [0.5, 0.6) is 5.75 Å². The lowest BCUT2D eigenvalue weighted by Gasteiger charge is -2.20. The van der Waals surface area contributed by atoms with Crippen LogP contribution >= 0.6 is 11.6 Å². The van der Waals surface area contributed by atoms with Crippen molar-refractivity contribution in [2.45, 2.75) is 19.9 Å². The van der Waals surface area contributed by atoms with Crippen molar-refractivity contribution in [3.05, 3.63) is 64.7 Å². The summed E-state index contributed by atoms with van der Waals surface area (Å²) in [6.07, 6.45) is 1.45. The fourth-order valence-electron chi connectivity index (χ4n) is 2.44. The van der Waals surface area contributed by atoms with Crippen molar-refractivity contribution in [1.82, 2.24) is 10.7 Å². The lowest BCUT2D eigenvalue weighted by Crippen LogP contribution is -2.48. The Labute approximate surface area is 174 Å². The standard InChI is InChI=1S/C21H21ClN4O3/c1-14(2)19(25-20(27)17-8-3-4-9-18(17)22)21(28)26-24-13-15-6-5-7-16(12-15)29-11-10-23/h3-9,12-14,19H,11H2,1-2H3,(H,25,27)(H,26,28)/b24-13+. The van der Waals surface area contributed by atoms with Gasteiger partial charge in [-0.05, 0) is 35.7 Å². The largest absolute Gasteiger partial charge is 0.479 e. The molecule has 8 heteroatoms. The molecule has 0 saturated heterocycles. The number of hydrogen-bond donors (Lipinski definition) is 2. The second-order valence-electron chi connectivity index (χ2n) is 6.43. The van der Waals surface area contributed by atoms with E-state index in [9.17, 15) is 9.59 Å². The van der Waals surface area contributed by atoms with Gasteiger partial charge < -0.3 is 10.1 Å². The Kier molecular flexibility index (Phi) is 8.19. The van der Waals surface area contributed by atoms with E-state index in [-0.39, 0.29) is 12.5 Å². The number of carbonyl (C=O) groups excluding carboxylic acids is 2. The molecule has 29 heavy (non-hydrogen) atoms. The van der Waals surface area contributed by atoms with Crippen LogP contribution in [0.1, 0.15) is 29.8 Å². The summed E-state index contributed by atoms with van der Waals surface area (Å²) >= 11 is 6.04. The number of benzene rings is 2. The number of rotatable bonds is 8. The first-order valence-corrected chi connectivity index (χ1v) is 9.28. The highest BCUT2D eigenvalue weighted by atomic mass is 35.5. The van der Waals surface area contributed by atoms with Gasteiger partial charge in [0.15, 0.2) is 6.61 Å². The first-order valence-electron chi connectivity index (χ1n) is 8.90. The van der Waals surface area contributed by atoms with Gasteiger partial charge in [0.2, 0.25) is 0 Å². The van der Waals surface area contributed by atoms with Crippen LogP contribution in [0.15, 0.2) is 53.6 Å². The Morgan fingerprint density at radius 3 is 2.69 bits per heavy atom. The quantitative estimate of drug-likeness (QED) is 0.513. The number of halogens is 1. The molecule has 0 aromatic heterocycles. The van der Waals surface area contributed by atoms with Crippen molar-refractivity contribution in [2.24, 2.45) is 11.0 Å². The Bertz CT molecular complexity index is 938. The van der Waals surface area contributed by atoms with Gasteiger partial charge in [0.05, 0.1) is 16.8 Å². The molecule has 0 saturated carbocycles. The van der Waals surface area contributed by atoms with E-state index in [1.54, 1.807) is 48.5 Å². The molecule has 0 aliphatic carbocycles. The summed E-state index contributed by atoms with van der Waals surface area (Å²) in [6.45, 7) is 3.58. The average molecular weight is 413 g/mol. The molecule has 2 amide bonds. The molecule has 7 nitrogen and oxygen atoms in total. The molecule has 2 aromatic carbocycles. The van der Waals surface area contributed by atoms with E-state index in [2.05, 4.69) is 15.8 Å². The van der Waals surface area contributed by atoms with Gasteiger partial charge in [0.25, 0.3) is 11.8 Å². The van der Waals surface area contributed by atoms with E-state index in [1.807, 2.05) is 19.9 Å². The van der Waals surface area contributed by atoms with Crippen molar-refractivity contribution < 1.29 is 14.3 Å². The van der Waals surface area contributed by atoms with Gasteiger partial charge >= 0.3 is 0 Å². The molecule has 150 valence electrons. The second kappa shape index (κ2) is 10.8. The molecule has 2 aromatic rings. The van der Waals surface area contributed by atoms with E-state index >= 15 is 0 Å². The Morgan fingerprint density at radius 2 is 2.00 bits per heavy atom. The number of amides is 2. The van der Waals surface area contributed by atoms with Gasteiger partial charge in [0, 0.05) is 0 Å². The number of nitrogens with zero attached hydrogens (tertiary/aromatic N) is 2. The summed E-state index contributed by atoms with van der Waals surface area (Å²) in [4.78, 5) is 25.0. The second-order valence-corrected chi connectivity index (χ2v) is 6.84. The zero-order valence-corrected chi connectivity index (χ0v) is 16.8. The van der Waals surface area contributed by atoms with Crippen LogP contribution < -0.4 is 15.5 Å². The molecule has 0 heterocycles. The molecule has 0 aliphatic heterocycles. The summed E-state index contributed by atoms with van der Waals surface area (Å²) in [5.41, 5.74) is 3.42. The summed E-state index contributed by atoms with van der Waals surface area (Å²) in [7, 11) is 0. The van der Waals surface area contributed by atoms with Gasteiger partial charge in [-0.15, -0.1) is 0 Å². The number of hydrazone groups is 1. The molecular weight excluding hydrogens is 392 g/mol. The van der Waals surface area contributed by atoms with Gasteiger partial charge in [-0.25, -0.2) is 5.43 Å². The van der Waals surface area contributed by atoms with E-state index < -0.39 is 17.9 Å². The average Bonchev–Trinajstić information content (AvgIpc) is 2.70. The van der Waals surface area contributed by atoms with Crippen LogP contribution in [-0.2, 0) is 4.79 Å². The minimum atomic E-state index is -0.791. The van der Waals surface area contributed by atoms with Crippen molar-refractivity contribution >= 4 is 29.6 Å². The number of nitrogens with one attached hydrogen (secondary N) is 2. The highest BCUT2D eigenvalue weighted by Gasteiger charge is 2.25. The third kappa shape index (κ3) is 6.63. The Hall–Kier alpha value is -3.37. The predicted octanol–water partition coefficient (Wildman–Crippen LogP) is 3.15. The molecule has 1 atom stereocenters. The molecule has 0 spiro atoms.